The molecule has 0 aromatic carbocycles. The molecule has 0 bridgehead atoms. The minimum absolute atomic E-state index is 0.415. The number of hydrogen-bond donors (Lipinski definition) is 1. The van der Waals surface area contributed by atoms with E-state index in [1.807, 2.05) is 12.4 Å². The summed E-state index contributed by atoms with van der Waals surface area (Å²) in [6.07, 6.45) is 6.35. The van der Waals surface area contributed by atoms with Crippen LogP contribution < -0.4 is 10.2 Å². The van der Waals surface area contributed by atoms with E-state index in [1.54, 1.807) is 0 Å². The van der Waals surface area contributed by atoms with Gasteiger partial charge in [0.2, 0.25) is 0 Å². The first-order chi connectivity index (χ1) is 10.2. The molecule has 0 spiro atoms. The first kappa shape index (κ1) is 16.2. The molecule has 1 N–H and O–H groups in total. The lowest BCUT2D eigenvalue weighted by atomic mass is 10.1. The van der Waals surface area contributed by atoms with E-state index in [2.05, 4.69) is 41.0 Å². The number of nitrogens with one attached hydrogen (secondary N) is 1. The van der Waals surface area contributed by atoms with Crippen LogP contribution >= 0.6 is 0 Å². The third-order valence-corrected chi connectivity index (χ3v) is 3.72. The van der Waals surface area contributed by atoms with E-state index in [9.17, 15) is 0 Å². The molecule has 1 aromatic heterocycles. The summed E-state index contributed by atoms with van der Waals surface area (Å²) in [5.74, 6) is 1.64. The molecule has 1 saturated heterocycles. The molecule has 0 atom stereocenters. The maximum atomic E-state index is 5.68. The lowest BCUT2D eigenvalue weighted by Crippen LogP contribution is -2.37. The third-order valence-electron chi connectivity index (χ3n) is 3.72. The third kappa shape index (κ3) is 5.25. The van der Waals surface area contributed by atoms with Crippen LogP contribution in [0.1, 0.15) is 39.3 Å². The van der Waals surface area contributed by atoms with Gasteiger partial charge in [-0.1, -0.05) is 13.8 Å². The van der Waals surface area contributed by atoms with Gasteiger partial charge in [-0.15, -0.1) is 0 Å². The Morgan fingerprint density at radius 3 is 2.62 bits per heavy atom. The highest BCUT2D eigenvalue weighted by molar-refractivity contribution is 5.36. The Balaban J connectivity index is 1.79. The highest BCUT2D eigenvalue weighted by atomic mass is 16.5. The molecule has 0 saturated carbocycles. The molecule has 0 amide bonds. The van der Waals surface area contributed by atoms with Crippen molar-refractivity contribution in [1.82, 2.24) is 15.3 Å². The standard InChI is InChI=1S/C16H28N4O/c1-4-21-15-5-7-20(8-6-15)16-12-18-14(11-19-16)10-17-9-13(2)3/h11-13,15,17H,4-10H2,1-3H3. The number of ether oxygens (including phenoxy) is 1. The van der Waals surface area contributed by atoms with Gasteiger partial charge in [-0.3, -0.25) is 4.98 Å². The Bertz CT molecular complexity index is 399. The minimum Gasteiger partial charge on any atom is -0.378 e. The number of piperidine rings is 1. The first-order valence-electron chi connectivity index (χ1n) is 8.07. The summed E-state index contributed by atoms with van der Waals surface area (Å²) in [6, 6.07) is 0. The normalized spacial score (nSPS) is 16.7. The van der Waals surface area contributed by atoms with Crippen molar-refractivity contribution < 1.29 is 4.74 Å². The molecule has 118 valence electrons. The largest absolute Gasteiger partial charge is 0.378 e. The second-order valence-electron chi connectivity index (χ2n) is 6.03. The van der Waals surface area contributed by atoms with E-state index in [1.165, 1.54) is 0 Å². The van der Waals surface area contributed by atoms with Crippen LogP contribution in [0.2, 0.25) is 0 Å². The van der Waals surface area contributed by atoms with Crippen molar-refractivity contribution >= 4 is 5.82 Å². The van der Waals surface area contributed by atoms with E-state index in [4.69, 9.17) is 4.74 Å². The van der Waals surface area contributed by atoms with E-state index in [0.717, 1.165) is 57.1 Å². The molecule has 1 fully saturated rings. The topological polar surface area (TPSA) is 50.3 Å². The van der Waals surface area contributed by atoms with Crippen LogP contribution in [0.3, 0.4) is 0 Å². The maximum Gasteiger partial charge on any atom is 0.147 e. The van der Waals surface area contributed by atoms with Crippen molar-refractivity contribution in [3.63, 3.8) is 0 Å². The molecule has 1 aliphatic rings. The summed E-state index contributed by atoms with van der Waals surface area (Å²) < 4.78 is 5.68. The fraction of sp³-hybridized carbons (Fsp3) is 0.750. The lowest BCUT2D eigenvalue weighted by Gasteiger charge is -2.32. The van der Waals surface area contributed by atoms with Crippen molar-refractivity contribution in [2.45, 2.75) is 46.3 Å². The molecule has 0 unspecified atom stereocenters. The fourth-order valence-corrected chi connectivity index (χ4v) is 2.58. The second kappa shape index (κ2) is 8.29. The zero-order valence-corrected chi connectivity index (χ0v) is 13.5. The maximum absolute atomic E-state index is 5.68. The van der Waals surface area contributed by atoms with Crippen LogP contribution in [0.4, 0.5) is 5.82 Å². The van der Waals surface area contributed by atoms with Gasteiger partial charge in [-0.25, -0.2) is 4.98 Å². The molecular formula is C16H28N4O. The van der Waals surface area contributed by atoms with Gasteiger partial charge < -0.3 is 15.0 Å². The average Bonchev–Trinajstić information content (AvgIpc) is 2.49. The fourth-order valence-electron chi connectivity index (χ4n) is 2.58. The molecule has 1 aromatic rings. The number of anilines is 1. The smallest absolute Gasteiger partial charge is 0.147 e. The minimum atomic E-state index is 0.415. The van der Waals surface area contributed by atoms with E-state index in [-0.39, 0.29) is 0 Å². The summed E-state index contributed by atoms with van der Waals surface area (Å²) in [7, 11) is 0. The van der Waals surface area contributed by atoms with Gasteiger partial charge in [0, 0.05) is 26.2 Å². The molecule has 5 heteroatoms. The monoisotopic (exact) mass is 292 g/mol. The summed E-state index contributed by atoms with van der Waals surface area (Å²) in [5.41, 5.74) is 1.00. The van der Waals surface area contributed by atoms with E-state index in [0.29, 0.717) is 12.0 Å². The number of hydrogen-bond acceptors (Lipinski definition) is 5. The zero-order valence-electron chi connectivity index (χ0n) is 13.5. The number of rotatable bonds is 7. The molecule has 21 heavy (non-hydrogen) atoms. The summed E-state index contributed by atoms with van der Waals surface area (Å²) in [4.78, 5) is 11.4. The Morgan fingerprint density at radius 1 is 1.29 bits per heavy atom. The predicted octanol–water partition coefficient (Wildman–Crippen LogP) is 2.23. The Hall–Kier alpha value is -1.20. The highest BCUT2D eigenvalue weighted by Crippen LogP contribution is 2.18. The molecule has 0 aliphatic carbocycles. The summed E-state index contributed by atoms with van der Waals surface area (Å²) in [5, 5.41) is 3.39. The molecule has 0 radical (unpaired) electrons. The van der Waals surface area contributed by atoms with Crippen LogP contribution in [0, 0.1) is 5.92 Å². The summed E-state index contributed by atoms with van der Waals surface area (Å²) in [6.45, 7) is 11.1. The molecule has 2 rings (SSSR count). The van der Waals surface area contributed by atoms with Crippen molar-refractivity contribution in [3.05, 3.63) is 18.1 Å². The first-order valence-corrected chi connectivity index (χ1v) is 8.07. The summed E-state index contributed by atoms with van der Waals surface area (Å²) >= 11 is 0. The quantitative estimate of drug-likeness (QED) is 0.835. The van der Waals surface area contributed by atoms with Gasteiger partial charge in [0.05, 0.1) is 24.2 Å². The van der Waals surface area contributed by atoms with Gasteiger partial charge >= 0.3 is 0 Å². The van der Waals surface area contributed by atoms with Crippen molar-refractivity contribution in [2.24, 2.45) is 5.92 Å². The second-order valence-corrected chi connectivity index (χ2v) is 6.03. The Morgan fingerprint density at radius 2 is 2.05 bits per heavy atom. The SMILES string of the molecule is CCOC1CCN(c2cnc(CNCC(C)C)cn2)CC1. The van der Waals surface area contributed by atoms with Crippen LogP contribution in [-0.4, -0.2) is 42.3 Å². The van der Waals surface area contributed by atoms with Crippen LogP contribution in [-0.2, 0) is 11.3 Å². The van der Waals surface area contributed by atoms with Gasteiger partial charge in [0.15, 0.2) is 0 Å². The van der Waals surface area contributed by atoms with Crippen LogP contribution in [0.5, 0.6) is 0 Å². The number of aromatic nitrogens is 2. The van der Waals surface area contributed by atoms with Gasteiger partial charge in [-0.2, -0.15) is 0 Å². The Kier molecular flexibility index (Phi) is 6.39. The van der Waals surface area contributed by atoms with Crippen molar-refractivity contribution in [2.75, 3.05) is 31.1 Å². The van der Waals surface area contributed by atoms with Gasteiger partial charge in [0.25, 0.3) is 0 Å². The van der Waals surface area contributed by atoms with Crippen molar-refractivity contribution in [3.8, 4) is 0 Å². The van der Waals surface area contributed by atoms with Crippen LogP contribution in [0.25, 0.3) is 0 Å². The van der Waals surface area contributed by atoms with Crippen LogP contribution in [0.15, 0.2) is 12.4 Å². The average molecular weight is 292 g/mol. The molecule has 2 heterocycles. The van der Waals surface area contributed by atoms with Crippen molar-refractivity contribution in [1.29, 1.82) is 0 Å². The van der Waals surface area contributed by atoms with E-state index >= 15 is 0 Å². The van der Waals surface area contributed by atoms with Gasteiger partial charge in [0.1, 0.15) is 5.82 Å². The molecule has 1 aliphatic heterocycles. The highest BCUT2D eigenvalue weighted by Gasteiger charge is 2.20. The predicted molar refractivity (Wildman–Crippen MR) is 85.4 cm³/mol. The van der Waals surface area contributed by atoms with E-state index < -0.39 is 0 Å². The number of nitrogens with zero attached hydrogens (tertiary/aromatic N) is 3. The Labute approximate surface area is 128 Å². The molecule has 5 nitrogen and oxygen atoms in total. The lowest BCUT2D eigenvalue weighted by molar-refractivity contribution is 0.0458. The van der Waals surface area contributed by atoms with Gasteiger partial charge in [-0.05, 0) is 32.2 Å². The molecular weight excluding hydrogens is 264 g/mol. The zero-order chi connectivity index (χ0) is 15.1.